The highest BCUT2D eigenvalue weighted by molar-refractivity contribution is 5.68. The van der Waals surface area contributed by atoms with Gasteiger partial charge >= 0.3 is 6.09 Å². The first-order chi connectivity index (χ1) is 8.78. The summed E-state index contributed by atoms with van der Waals surface area (Å²) >= 11 is 0. The molecule has 0 spiro atoms. The van der Waals surface area contributed by atoms with Crippen molar-refractivity contribution < 1.29 is 9.53 Å². The summed E-state index contributed by atoms with van der Waals surface area (Å²) in [6, 6.07) is 6.13. The van der Waals surface area contributed by atoms with E-state index in [1.807, 2.05) is 46.8 Å². The van der Waals surface area contributed by atoms with Crippen molar-refractivity contribution in [1.29, 1.82) is 0 Å². The average Bonchev–Trinajstić information content (AvgIpc) is 2.26. The summed E-state index contributed by atoms with van der Waals surface area (Å²) in [5.41, 5.74) is 2.82. The molecule has 19 heavy (non-hydrogen) atoms. The van der Waals surface area contributed by atoms with Gasteiger partial charge in [0.15, 0.2) is 0 Å². The van der Waals surface area contributed by atoms with Crippen LogP contribution in [0.25, 0.3) is 0 Å². The van der Waals surface area contributed by atoms with Crippen molar-refractivity contribution in [2.45, 2.75) is 40.2 Å². The molecule has 102 valence electrons. The van der Waals surface area contributed by atoms with Gasteiger partial charge in [-0.15, -0.1) is 0 Å². The SMILES string of the molecule is Cc1ccc(C)c(C#CCNC(=O)OC(C)(C)C)c1. The van der Waals surface area contributed by atoms with E-state index < -0.39 is 11.7 Å². The smallest absolute Gasteiger partial charge is 0.408 e. The maximum Gasteiger partial charge on any atom is 0.408 e. The van der Waals surface area contributed by atoms with E-state index in [0.717, 1.165) is 11.1 Å². The van der Waals surface area contributed by atoms with Crippen molar-refractivity contribution in [2.75, 3.05) is 6.54 Å². The first kappa shape index (κ1) is 15.1. The Morgan fingerprint density at radius 1 is 1.32 bits per heavy atom. The van der Waals surface area contributed by atoms with Crippen molar-refractivity contribution >= 4 is 6.09 Å². The number of aryl methyl sites for hydroxylation is 2. The highest BCUT2D eigenvalue weighted by Gasteiger charge is 2.14. The Kier molecular flexibility index (Phi) is 5.00. The Labute approximate surface area is 115 Å². The summed E-state index contributed by atoms with van der Waals surface area (Å²) < 4.78 is 5.12. The molecule has 0 aliphatic carbocycles. The standard InChI is InChI=1S/C16H21NO2/c1-12-8-9-13(2)14(11-12)7-6-10-17-15(18)19-16(3,4)5/h8-9,11H,10H2,1-5H3,(H,17,18). The molecule has 0 aliphatic rings. The van der Waals surface area contributed by atoms with Gasteiger partial charge in [-0.3, -0.25) is 0 Å². The van der Waals surface area contributed by atoms with Crippen LogP contribution in [0.4, 0.5) is 4.79 Å². The number of ether oxygens (including phenoxy) is 1. The molecule has 0 unspecified atom stereocenters. The fourth-order valence-corrected chi connectivity index (χ4v) is 1.44. The zero-order valence-electron chi connectivity index (χ0n) is 12.3. The quantitative estimate of drug-likeness (QED) is 0.787. The summed E-state index contributed by atoms with van der Waals surface area (Å²) in [5.74, 6) is 5.98. The maximum atomic E-state index is 11.4. The lowest BCUT2D eigenvalue weighted by Gasteiger charge is -2.19. The highest BCUT2D eigenvalue weighted by atomic mass is 16.6. The maximum absolute atomic E-state index is 11.4. The molecule has 0 atom stereocenters. The molecule has 0 aromatic heterocycles. The van der Waals surface area contributed by atoms with E-state index >= 15 is 0 Å². The molecule has 3 heteroatoms. The Morgan fingerprint density at radius 3 is 2.63 bits per heavy atom. The summed E-state index contributed by atoms with van der Waals surface area (Å²) in [4.78, 5) is 11.4. The van der Waals surface area contributed by atoms with E-state index in [4.69, 9.17) is 4.74 Å². The minimum Gasteiger partial charge on any atom is -0.444 e. The van der Waals surface area contributed by atoms with Gasteiger partial charge in [0.25, 0.3) is 0 Å². The molecular weight excluding hydrogens is 238 g/mol. The van der Waals surface area contributed by atoms with Crippen LogP contribution in [-0.4, -0.2) is 18.2 Å². The van der Waals surface area contributed by atoms with Crippen molar-refractivity contribution in [3.05, 3.63) is 34.9 Å². The molecule has 3 nitrogen and oxygen atoms in total. The fourth-order valence-electron chi connectivity index (χ4n) is 1.44. The van der Waals surface area contributed by atoms with Crippen LogP contribution in [0.15, 0.2) is 18.2 Å². The molecule has 1 amide bonds. The van der Waals surface area contributed by atoms with Crippen LogP contribution < -0.4 is 5.32 Å². The van der Waals surface area contributed by atoms with Gasteiger partial charge in [-0.2, -0.15) is 0 Å². The molecule has 0 aliphatic heterocycles. The molecule has 0 radical (unpaired) electrons. The Balaban J connectivity index is 2.52. The second kappa shape index (κ2) is 6.29. The van der Waals surface area contributed by atoms with Gasteiger partial charge in [0, 0.05) is 5.56 Å². The molecule has 1 aromatic rings. The molecule has 0 saturated heterocycles. The van der Waals surface area contributed by atoms with E-state index in [1.165, 1.54) is 5.56 Å². The number of hydrogen-bond donors (Lipinski definition) is 1. The molecule has 0 saturated carbocycles. The third-order valence-electron chi connectivity index (χ3n) is 2.34. The lowest BCUT2D eigenvalue weighted by Crippen LogP contribution is -2.32. The zero-order chi connectivity index (χ0) is 14.5. The number of nitrogens with one attached hydrogen (secondary N) is 1. The second-order valence-corrected chi connectivity index (χ2v) is 5.48. The third kappa shape index (κ3) is 5.96. The lowest BCUT2D eigenvalue weighted by atomic mass is 10.1. The lowest BCUT2D eigenvalue weighted by molar-refractivity contribution is 0.0535. The zero-order valence-corrected chi connectivity index (χ0v) is 12.3. The number of amides is 1. The van der Waals surface area contributed by atoms with Gasteiger partial charge in [-0.1, -0.05) is 24.0 Å². The highest BCUT2D eigenvalue weighted by Crippen LogP contribution is 2.08. The number of benzene rings is 1. The van der Waals surface area contributed by atoms with Crippen LogP contribution in [0.5, 0.6) is 0 Å². The minimum absolute atomic E-state index is 0.280. The Bertz CT molecular complexity index is 516. The van der Waals surface area contributed by atoms with Crippen molar-refractivity contribution in [3.8, 4) is 11.8 Å². The van der Waals surface area contributed by atoms with Gasteiger partial charge in [0.05, 0.1) is 6.54 Å². The minimum atomic E-state index is -0.482. The van der Waals surface area contributed by atoms with Gasteiger partial charge in [0.2, 0.25) is 0 Å². The first-order valence-electron chi connectivity index (χ1n) is 6.31. The molecule has 1 N–H and O–H groups in total. The van der Waals surface area contributed by atoms with Crippen LogP contribution in [0.3, 0.4) is 0 Å². The van der Waals surface area contributed by atoms with E-state index in [9.17, 15) is 4.79 Å². The van der Waals surface area contributed by atoms with Gasteiger partial charge in [-0.25, -0.2) is 4.79 Å². The second-order valence-electron chi connectivity index (χ2n) is 5.48. The number of hydrogen-bond acceptors (Lipinski definition) is 2. The number of alkyl carbamates (subject to hydrolysis) is 1. The molecule has 1 rings (SSSR count). The van der Waals surface area contributed by atoms with E-state index in [-0.39, 0.29) is 6.54 Å². The van der Waals surface area contributed by atoms with Crippen molar-refractivity contribution in [1.82, 2.24) is 5.32 Å². The van der Waals surface area contributed by atoms with Crippen LogP contribution in [0.2, 0.25) is 0 Å². The van der Waals surface area contributed by atoms with Crippen LogP contribution >= 0.6 is 0 Å². The summed E-state index contributed by atoms with van der Waals surface area (Å²) in [5, 5.41) is 2.61. The average molecular weight is 259 g/mol. The van der Waals surface area contributed by atoms with E-state index in [1.54, 1.807) is 0 Å². The summed E-state index contributed by atoms with van der Waals surface area (Å²) in [6.07, 6.45) is -0.442. The van der Waals surface area contributed by atoms with E-state index in [2.05, 4.69) is 23.2 Å². The Morgan fingerprint density at radius 2 is 2.00 bits per heavy atom. The number of carbonyl (C=O) groups is 1. The fraction of sp³-hybridized carbons (Fsp3) is 0.438. The molecule has 1 aromatic carbocycles. The van der Waals surface area contributed by atoms with Gasteiger partial charge < -0.3 is 10.1 Å². The van der Waals surface area contributed by atoms with Gasteiger partial charge in [0.1, 0.15) is 5.60 Å². The molecular formula is C16H21NO2. The van der Waals surface area contributed by atoms with Crippen LogP contribution in [-0.2, 0) is 4.74 Å². The first-order valence-corrected chi connectivity index (χ1v) is 6.31. The van der Waals surface area contributed by atoms with Crippen LogP contribution in [0.1, 0.15) is 37.5 Å². The topological polar surface area (TPSA) is 38.3 Å². The van der Waals surface area contributed by atoms with Crippen LogP contribution in [0, 0.1) is 25.7 Å². The molecule has 0 heterocycles. The molecule has 0 bridgehead atoms. The predicted octanol–water partition coefficient (Wildman–Crippen LogP) is 3.18. The monoisotopic (exact) mass is 259 g/mol. The van der Waals surface area contributed by atoms with Crippen molar-refractivity contribution in [3.63, 3.8) is 0 Å². The Hall–Kier alpha value is -1.95. The predicted molar refractivity (Wildman–Crippen MR) is 77.0 cm³/mol. The molecule has 0 fully saturated rings. The summed E-state index contributed by atoms with van der Waals surface area (Å²) in [7, 11) is 0. The largest absolute Gasteiger partial charge is 0.444 e. The normalized spacial score (nSPS) is 10.4. The van der Waals surface area contributed by atoms with Crippen molar-refractivity contribution in [2.24, 2.45) is 0 Å². The number of carbonyl (C=O) groups excluding carboxylic acids is 1. The van der Waals surface area contributed by atoms with E-state index in [0.29, 0.717) is 0 Å². The van der Waals surface area contributed by atoms with Gasteiger partial charge in [-0.05, 0) is 51.8 Å². The number of rotatable bonds is 1. The third-order valence-corrected chi connectivity index (χ3v) is 2.34. The summed E-state index contributed by atoms with van der Waals surface area (Å²) in [6.45, 7) is 9.81.